The van der Waals surface area contributed by atoms with Crippen LogP contribution in [0.1, 0.15) is 0 Å². The second-order valence-corrected chi connectivity index (χ2v) is 8.06. The second-order valence-electron chi connectivity index (χ2n) is 6.28. The minimum atomic E-state index is -0.252. The van der Waals surface area contributed by atoms with Gasteiger partial charge in [-0.1, -0.05) is 35.0 Å². The standard InChI is InChI=1S/C21H16Cl2N4O3S/c1-29-15-7-5-14(6-8-15)27-20(18-3-2-10-30-18)25-26-21(27)31-12-19(28)24-17-11-13(22)4-9-16(17)23/h2-11H,12H2,1H3,(H,24,28). The third-order valence-electron chi connectivity index (χ3n) is 4.24. The van der Waals surface area contributed by atoms with Crippen LogP contribution < -0.4 is 10.1 Å². The largest absolute Gasteiger partial charge is 0.497 e. The summed E-state index contributed by atoms with van der Waals surface area (Å²) in [7, 11) is 1.61. The smallest absolute Gasteiger partial charge is 0.234 e. The van der Waals surface area contributed by atoms with Gasteiger partial charge in [-0.05, 0) is 54.6 Å². The maximum atomic E-state index is 12.5. The fourth-order valence-electron chi connectivity index (χ4n) is 2.80. The number of benzene rings is 2. The molecule has 31 heavy (non-hydrogen) atoms. The van der Waals surface area contributed by atoms with Gasteiger partial charge in [0.05, 0.1) is 35.5 Å². The van der Waals surface area contributed by atoms with Gasteiger partial charge < -0.3 is 14.5 Å². The summed E-state index contributed by atoms with van der Waals surface area (Å²) in [4.78, 5) is 12.5. The zero-order valence-corrected chi connectivity index (χ0v) is 18.5. The van der Waals surface area contributed by atoms with E-state index in [0.717, 1.165) is 11.4 Å². The first kappa shape index (κ1) is 21.3. The van der Waals surface area contributed by atoms with Crippen molar-refractivity contribution in [3.8, 4) is 23.0 Å². The molecule has 2 heterocycles. The normalized spacial score (nSPS) is 10.8. The number of carbonyl (C=O) groups is 1. The van der Waals surface area contributed by atoms with Crippen molar-refractivity contribution >= 4 is 46.6 Å². The highest BCUT2D eigenvalue weighted by atomic mass is 35.5. The Morgan fingerprint density at radius 3 is 2.68 bits per heavy atom. The maximum Gasteiger partial charge on any atom is 0.234 e. The van der Waals surface area contributed by atoms with Crippen molar-refractivity contribution in [2.24, 2.45) is 0 Å². The molecule has 0 fully saturated rings. The number of amides is 1. The number of furan rings is 1. The van der Waals surface area contributed by atoms with Gasteiger partial charge in [0, 0.05) is 5.02 Å². The Hall–Kier alpha value is -2.94. The molecule has 158 valence electrons. The van der Waals surface area contributed by atoms with Crippen molar-refractivity contribution < 1.29 is 13.9 Å². The highest BCUT2D eigenvalue weighted by Crippen LogP contribution is 2.30. The summed E-state index contributed by atoms with van der Waals surface area (Å²) in [6.45, 7) is 0. The van der Waals surface area contributed by atoms with E-state index in [0.29, 0.717) is 32.5 Å². The number of halogens is 2. The van der Waals surface area contributed by atoms with Crippen molar-refractivity contribution in [2.45, 2.75) is 5.16 Å². The molecule has 0 aliphatic heterocycles. The van der Waals surface area contributed by atoms with Crippen LogP contribution in [0.15, 0.2) is 70.4 Å². The lowest BCUT2D eigenvalue weighted by atomic mass is 10.3. The van der Waals surface area contributed by atoms with Crippen LogP contribution in [-0.4, -0.2) is 33.5 Å². The van der Waals surface area contributed by atoms with E-state index < -0.39 is 0 Å². The number of hydrogen-bond donors (Lipinski definition) is 1. The van der Waals surface area contributed by atoms with Gasteiger partial charge in [-0.15, -0.1) is 10.2 Å². The summed E-state index contributed by atoms with van der Waals surface area (Å²) in [5.41, 5.74) is 1.26. The van der Waals surface area contributed by atoms with E-state index >= 15 is 0 Å². The lowest BCUT2D eigenvalue weighted by Crippen LogP contribution is -2.15. The Morgan fingerprint density at radius 2 is 1.97 bits per heavy atom. The number of anilines is 1. The van der Waals surface area contributed by atoms with Gasteiger partial charge in [-0.2, -0.15) is 0 Å². The lowest BCUT2D eigenvalue weighted by molar-refractivity contribution is -0.113. The highest BCUT2D eigenvalue weighted by molar-refractivity contribution is 7.99. The molecule has 2 aromatic heterocycles. The zero-order chi connectivity index (χ0) is 21.8. The third kappa shape index (κ3) is 4.87. The van der Waals surface area contributed by atoms with Crippen LogP contribution >= 0.6 is 35.0 Å². The molecule has 2 aromatic carbocycles. The van der Waals surface area contributed by atoms with Gasteiger partial charge in [0.15, 0.2) is 10.9 Å². The van der Waals surface area contributed by atoms with E-state index in [2.05, 4.69) is 15.5 Å². The van der Waals surface area contributed by atoms with Crippen LogP contribution in [0, 0.1) is 0 Å². The molecule has 0 bridgehead atoms. The summed E-state index contributed by atoms with van der Waals surface area (Å²) in [5.74, 6) is 1.65. The first-order chi connectivity index (χ1) is 15.0. The molecule has 10 heteroatoms. The molecule has 1 amide bonds. The SMILES string of the molecule is COc1ccc(-n2c(SCC(=O)Nc3cc(Cl)ccc3Cl)nnc2-c2ccco2)cc1. The molecule has 0 spiro atoms. The Labute approximate surface area is 192 Å². The fourth-order valence-corrected chi connectivity index (χ4v) is 3.89. The lowest BCUT2D eigenvalue weighted by Gasteiger charge is -2.10. The number of aromatic nitrogens is 3. The summed E-state index contributed by atoms with van der Waals surface area (Å²) in [6, 6.07) is 15.9. The number of methoxy groups -OCH3 is 1. The van der Waals surface area contributed by atoms with Gasteiger partial charge >= 0.3 is 0 Å². The van der Waals surface area contributed by atoms with Crippen LogP contribution in [0.5, 0.6) is 5.75 Å². The molecule has 0 saturated carbocycles. The van der Waals surface area contributed by atoms with E-state index in [9.17, 15) is 4.79 Å². The van der Waals surface area contributed by atoms with Crippen LogP contribution in [0.2, 0.25) is 10.0 Å². The van der Waals surface area contributed by atoms with Crippen molar-refractivity contribution in [3.05, 3.63) is 70.9 Å². The average Bonchev–Trinajstić information content (AvgIpc) is 3.44. The fraction of sp³-hybridized carbons (Fsp3) is 0.0952. The van der Waals surface area contributed by atoms with Gasteiger partial charge in [-0.3, -0.25) is 9.36 Å². The molecule has 0 unspecified atom stereocenters. The molecule has 0 aliphatic rings. The number of thioether (sulfide) groups is 1. The first-order valence-electron chi connectivity index (χ1n) is 9.06. The van der Waals surface area contributed by atoms with E-state index in [1.54, 1.807) is 43.7 Å². The second kappa shape index (κ2) is 9.47. The molecular weight excluding hydrogens is 459 g/mol. The van der Waals surface area contributed by atoms with Gasteiger partial charge in [-0.25, -0.2) is 0 Å². The Kier molecular flexibility index (Phi) is 6.50. The van der Waals surface area contributed by atoms with Crippen molar-refractivity contribution in [3.63, 3.8) is 0 Å². The predicted octanol–water partition coefficient (Wildman–Crippen LogP) is 5.57. The molecule has 4 aromatic rings. The Balaban J connectivity index is 1.58. The molecule has 7 nitrogen and oxygen atoms in total. The molecular formula is C21H16Cl2N4O3S. The van der Waals surface area contributed by atoms with E-state index in [-0.39, 0.29) is 11.7 Å². The molecule has 0 aliphatic carbocycles. The van der Waals surface area contributed by atoms with Gasteiger partial charge in [0.2, 0.25) is 11.7 Å². The zero-order valence-electron chi connectivity index (χ0n) is 16.2. The number of carbonyl (C=O) groups excluding carboxylic acids is 1. The van der Waals surface area contributed by atoms with Crippen LogP contribution in [0.4, 0.5) is 5.69 Å². The molecule has 1 N–H and O–H groups in total. The van der Waals surface area contributed by atoms with Crippen molar-refractivity contribution in [1.29, 1.82) is 0 Å². The predicted molar refractivity (Wildman–Crippen MR) is 121 cm³/mol. The van der Waals surface area contributed by atoms with Gasteiger partial charge in [0.25, 0.3) is 0 Å². The Morgan fingerprint density at radius 1 is 1.16 bits per heavy atom. The minimum absolute atomic E-state index is 0.0925. The quantitative estimate of drug-likeness (QED) is 0.352. The molecule has 0 radical (unpaired) electrons. The summed E-state index contributed by atoms with van der Waals surface area (Å²) in [6.07, 6.45) is 1.57. The van der Waals surface area contributed by atoms with Crippen LogP contribution in [-0.2, 0) is 4.79 Å². The molecule has 4 rings (SSSR count). The van der Waals surface area contributed by atoms with E-state index in [1.807, 2.05) is 28.8 Å². The monoisotopic (exact) mass is 474 g/mol. The van der Waals surface area contributed by atoms with Crippen LogP contribution in [0.25, 0.3) is 17.3 Å². The number of nitrogens with one attached hydrogen (secondary N) is 1. The first-order valence-corrected chi connectivity index (χ1v) is 10.8. The van der Waals surface area contributed by atoms with Crippen LogP contribution in [0.3, 0.4) is 0 Å². The van der Waals surface area contributed by atoms with Crippen molar-refractivity contribution in [1.82, 2.24) is 14.8 Å². The Bertz CT molecular complexity index is 1190. The van der Waals surface area contributed by atoms with E-state index in [1.165, 1.54) is 11.8 Å². The number of ether oxygens (including phenoxy) is 1. The summed E-state index contributed by atoms with van der Waals surface area (Å²) < 4.78 is 12.6. The highest BCUT2D eigenvalue weighted by Gasteiger charge is 2.19. The van der Waals surface area contributed by atoms with E-state index in [4.69, 9.17) is 32.4 Å². The molecule has 0 atom stereocenters. The molecule has 0 saturated heterocycles. The average molecular weight is 475 g/mol. The van der Waals surface area contributed by atoms with Crippen molar-refractivity contribution in [2.75, 3.05) is 18.2 Å². The minimum Gasteiger partial charge on any atom is -0.497 e. The summed E-state index contributed by atoms with van der Waals surface area (Å²) >= 11 is 13.3. The van der Waals surface area contributed by atoms with Gasteiger partial charge in [0.1, 0.15) is 5.75 Å². The number of nitrogens with zero attached hydrogens (tertiary/aromatic N) is 3. The number of hydrogen-bond acceptors (Lipinski definition) is 6. The topological polar surface area (TPSA) is 82.2 Å². The summed E-state index contributed by atoms with van der Waals surface area (Å²) in [5, 5.41) is 12.7. The maximum absolute atomic E-state index is 12.5. The number of rotatable bonds is 7. The third-order valence-corrected chi connectivity index (χ3v) is 5.73.